The predicted octanol–water partition coefficient (Wildman–Crippen LogP) is 2.45. The molecule has 0 aliphatic heterocycles. The molecule has 0 aliphatic rings. The van der Waals surface area contributed by atoms with E-state index in [1.807, 2.05) is 6.07 Å². The van der Waals surface area contributed by atoms with Crippen molar-refractivity contribution in [2.75, 3.05) is 13.7 Å². The summed E-state index contributed by atoms with van der Waals surface area (Å²) in [6.45, 7) is 0.244. The van der Waals surface area contributed by atoms with Crippen LogP contribution in [-0.2, 0) is 27.4 Å². The van der Waals surface area contributed by atoms with Gasteiger partial charge in [-0.3, -0.25) is 4.79 Å². The largest absolute Gasteiger partial charge is 0.452 e. The highest BCUT2D eigenvalue weighted by Gasteiger charge is 2.10. The highest BCUT2D eigenvalue weighted by atomic mass is 19.1. The fourth-order valence-electron chi connectivity index (χ4n) is 2.02. The molecule has 0 saturated heterocycles. The standard InChI is InChI=1S/C18H18FNO4/c1-23-11-14-3-2-4-15(9-14)18(22)24-12-17(21)20-10-13-5-7-16(19)8-6-13/h2-9H,10-12H2,1H3,(H,20,21). The third-order valence-corrected chi connectivity index (χ3v) is 3.21. The van der Waals surface area contributed by atoms with E-state index in [2.05, 4.69) is 5.32 Å². The van der Waals surface area contributed by atoms with Gasteiger partial charge in [0.1, 0.15) is 5.82 Å². The quantitative estimate of drug-likeness (QED) is 0.792. The average Bonchev–Trinajstić information content (AvgIpc) is 2.59. The summed E-state index contributed by atoms with van der Waals surface area (Å²) >= 11 is 0. The lowest BCUT2D eigenvalue weighted by atomic mass is 10.1. The second kappa shape index (κ2) is 8.79. The van der Waals surface area contributed by atoms with Gasteiger partial charge >= 0.3 is 5.97 Å². The number of benzene rings is 2. The molecule has 0 atom stereocenters. The summed E-state index contributed by atoms with van der Waals surface area (Å²) < 4.78 is 22.8. The fourth-order valence-corrected chi connectivity index (χ4v) is 2.02. The van der Waals surface area contributed by atoms with E-state index >= 15 is 0 Å². The summed E-state index contributed by atoms with van der Waals surface area (Å²) in [5.74, 6) is -1.35. The van der Waals surface area contributed by atoms with Crippen LogP contribution in [0.3, 0.4) is 0 Å². The molecule has 0 aliphatic carbocycles. The summed E-state index contributed by atoms with van der Waals surface area (Å²) in [6.07, 6.45) is 0. The lowest BCUT2D eigenvalue weighted by Gasteiger charge is -2.08. The Kier molecular flexibility index (Phi) is 6.45. The van der Waals surface area contributed by atoms with Gasteiger partial charge in [0.25, 0.3) is 5.91 Å². The lowest BCUT2D eigenvalue weighted by molar-refractivity contribution is -0.124. The highest BCUT2D eigenvalue weighted by Crippen LogP contribution is 2.08. The zero-order valence-corrected chi connectivity index (χ0v) is 13.3. The molecule has 6 heteroatoms. The van der Waals surface area contributed by atoms with Crippen LogP contribution in [0.4, 0.5) is 4.39 Å². The van der Waals surface area contributed by atoms with Crippen molar-refractivity contribution < 1.29 is 23.5 Å². The molecule has 5 nitrogen and oxygen atoms in total. The molecule has 126 valence electrons. The maximum absolute atomic E-state index is 12.8. The van der Waals surface area contributed by atoms with E-state index in [0.717, 1.165) is 11.1 Å². The number of carbonyl (C=O) groups is 2. The molecule has 2 rings (SSSR count). The molecular weight excluding hydrogens is 313 g/mol. The number of hydrogen-bond acceptors (Lipinski definition) is 4. The fraction of sp³-hybridized carbons (Fsp3) is 0.222. The minimum atomic E-state index is -0.579. The van der Waals surface area contributed by atoms with Gasteiger partial charge in [-0.25, -0.2) is 9.18 Å². The number of ether oxygens (including phenoxy) is 2. The first-order valence-electron chi connectivity index (χ1n) is 7.34. The molecule has 0 radical (unpaired) electrons. The SMILES string of the molecule is COCc1cccc(C(=O)OCC(=O)NCc2ccc(F)cc2)c1. The molecule has 0 heterocycles. The Hall–Kier alpha value is -2.73. The van der Waals surface area contributed by atoms with Gasteiger partial charge < -0.3 is 14.8 Å². The van der Waals surface area contributed by atoms with Gasteiger partial charge in [-0.15, -0.1) is 0 Å². The first-order chi connectivity index (χ1) is 11.6. The van der Waals surface area contributed by atoms with Crippen LogP contribution in [0.1, 0.15) is 21.5 Å². The van der Waals surface area contributed by atoms with Gasteiger partial charge in [0.2, 0.25) is 0 Å². The van der Waals surface area contributed by atoms with Gasteiger partial charge in [0.15, 0.2) is 6.61 Å². The number of nitrogens with one attached hydrogen (secondary N) is 1. The summed E-state index contributed by atoms with van der Waals surface area (Å²) in [5.41, 5.74) is 1.95. The molecule has 2 aromatic rings. The van der Waals surface area contributed by atoms with E-state index in [1.165, 1.54) is 12.1 Å². The second-order valence-electron chi connectivity index (χ2n) is 5.11. The average molecular weight is 331 g/mol. The highest BCUT2D eigenvalue weighted by molar-refractivity contribution is 5.91. The van der Waals surface area contributed by atoms with Crippen molar-refractivity contribution in [3.8, 4) is 0 Å². The van der Waals surface area contributed by atoms with E-state index in [-0.39, 0.29) is 19.0 Å². The number of carbonyl (C=O) groups excluding carboxylic acids is 2. The summed E-state index contributed by atoms with van der Waals surface area (Å²) in [7, 11) is 1.57. The van der Waals surface area contributed by atoms with Crippen LogP contribution >= 0.6 is 0 Å². The molecule has 1 N–H and O–H groups in total. The Labute approximate surface area is 139 Å². The van der Waals surface area contributed by atoms with Crippen molar-refractivity contribution in [3.63, 3.8) is 0 Å². The van der Waals surface area contributed by atoms with Gasteiger partial charge in [0, 0.05) is 13.7 Å². The van der Waals surface area contributed by atoms with E-state index in [4.69, 9.17) is 9.47 Å². The van der Waals surface area contributed by atoms with Crippen LogP contribution in [0.15, 0.2) is 48.5 Å². The molecule has 0 unspecified atom stereocenters. The molecule has 0 saturated carbocycles. The Balaban J connectivity index is 1.79. The Morgan fingerprint density at radius 3 is 2.54 bits per heavy atom. The van der Waals surface area contributed by atoms with Crippen LogP contribution in [0, 0.1) is 5.82 Å². The molecule has 0 aromatic heterocycles. The molecule has 0 fully saturated rings. The topological polar surface area (TPSA) is 64.6 Å². The summed E-state index contributed by atoms with van der Waals surface area (Å²) in [5, 5.41) is 2.60. The summed E-state index contributed by atoms with van der Waals surface area (Å²) in [4.78, 5) is 23.6. The minimum Gasteiger partial charge on any atom is -0.452 e. The third kappa shape index (κ3) is 5.48. The Morgan fingerprint density at radius 2 is 1.83 bits per heavy atom. The number of halogens is 1. The number of methoxy groups -OCH3 is 1. The molecule has 0 bridgehead atoms. The molecule has 1 amide bonds. The van der Waals surface area contributed by atoms with E-state index in [1.54, 1.807) is 37.4 Å². The van der Waals surface area contributed by atoms with Crippen LogP contribution in [0.2, 0.25) is 0 Å². The van der Waals surface area contributed by atoms with Crippen molar-refractivity contribution in [2.24, 2.45) is 0 Å². The molecule has 0 spiro atoms. The Bertz CT molecular complexity index is 700. The van der Waals surface area contributed by atoms with Crippen molar-refractivity contribution in [2.45, 2.75) is 13.2 Å². The van der Waals surface area contributed by atoms with Crippen LogP contribution in [0.5, 0.6) is 0 Å². The minimum absolute atomic E-state index is 0.236. The summed E-state index contributed by atoms with van der Waals surface area (Å²) in [6, 6.07) is 12.6. The third-order valence-electron chi connectivity index (χ3n) is 3.21. The predicted molar refractivity (Wildman–Crippen MR) is 85.7 cm³/mol. The first kappa shape index (κ1) is 17.6. The van der Waals surface area contributed by atoms with Crippen LogP contribution in [0.25, 0.3) is 0 Å². The van der Waals surface area contributed by atoms with Crippen molar-refractivity contribution in [1.82, 2.24) is 5.32 Å². The van der Waals surface area contributed by atoms with Crippen molar-refractivity contribution >= 4 is 11.9 Å². The van der Waals surface area contributed by atoms with Crippen molar-refractivity contribution in [3.05, 3.63) is 71.0 Å². The van der Waals surface area contributed by atoms with E-state index in [9.17, 15) is 14.0 Å². The van der Waals surface area contributed by atoms with Crippen LogP contribution < -0.4 is 5.32 Å². The number of amides is 1. The van der Waals surface area contributed by atoms with Crippen molar-refractivity contribution in [1.29, 1.82) is 0 Å². The first-order valence-corrected chi connectivity index (χ1v) is 7.34. The van der Waals surface area contributed by atoms with Crippen LogP contribution in [-0.4, -0.2) is 25.6 Å². The zero-order chi connectivity index (χ0) is 17.4. The number of rotatable bonds is 7. The van der Waals surface area contributed by atoms with Gasteiger partial charge in [-0.2, -0.15) is 0 Å². The zero-order valence-electron chi connectivity index (χ0n) is 13.3. The monoisotopic (exact) mass is 331 g/mol. The smallest absolute Gasteiger partial charge is 0.338 e. The van der Waals surface area contributed by atoms with Gasteiger partial charge in [-0.1, -0.05) is 24.3 Å². The van der Waals surface area contributed by atoms with Gasteiger partial charge in [-0.05, 0) is 35.4 Å². The number of hydrogen-bond donors (Lipinski definition) is 1. The van der Waals surface area contributed by atoms with Gasteiger partial charge in [0.05, 0.1) is 12.2 Å². The number of esters is 1. The van der Waals surface area contributed by atoms with E-state index < -0.39 is 11.9 Å². The molecule has 2 aromatic carbocycles. The lowest BCUT2D eigenvalue weighted by Crippen LogP contribution is -2.28. The maximum Gasteiger partial charge on any atom is 0.338 e. The van der Waals surface area contributed by atoms with E-state index in [0.29, 0.717) is 12.2 Å². The molecular formula is C18H18FNO4. The normalized spacial score (nSPS) is 10.2. The maximum atomic E-state index is 12.8. The molecule has 24 heavy (non-hydrogen) atoms. The Morgan fingerprint density at radius 1 is 1.08 bits per heavy atom. The second-order valence-corrected chi connectivity index (χ2v) is 5.11.